The monoisotopic (exact) mass is 437 g/mol. The van der Waals surface area contributed by atoms with Crippen LogP contribution in [0.4, 0.5) is 0 Å². The number of methoxy groups -OCH3 is 2. The van der Waals surface area contributed by atoms with Crippen LogP contribution in [0.1, 0.15) is 41.6 Å². The standard InChI is InChI=1S/C25H27NO6/c1-16(2)24(18-10-11-20(29-3)21(12-18)30-4)26-25(28)22-13-19(27)23(15-32-22)31-14-17-8-6-5-7-9-17/h5-13,15-16,24H,14H2,1-4H3,(H,26,28). The van der Waals surface area contributed by atoms with E-state index in [1.165, 1.54) is 6.26 Å². The second-order valence-electron chi connectivity index (χ2n) is 7.56. The van der Waals surface area contributed by atoms with Gasteiger partial charge in [0.05, 0.1) is 20.3 Å². The van der Waals surface area contributed by atoms with Crippen LogP contribution in [0.2, 0.25) is 0 Å². The number of amides is 1. The summed E-state index contributed by atoms with van der Waals surface area (Å²) in [4.78, 5) is 25.2. The molecule has 1 amide bonds. The van der Waals surface area contributed by atoms with E-state index in [2.05, 4.69) is 5.32 Å². The van der Waals surface area contributed by atoms with E-state index >= 15 is 0 Å². The lowest BCUT2D eigenvalue weighted by Gasteiger charge is -2.23. The van der Waals surface area contributed by atoms with E-state index in [1.807, 2.05) is 56.3 Å². The third-order valence-electron chi connectivity index (χ3n) is 4.98. The van der Waals surface area contributed by atoms with Crippen molar-refractivity contribution >= 4 is 5.91 Å². The topological polar surface area (TPSA) is 87.0 Å². The van der Waals surface area contributed by atoms with E-state index in [0.717, 1.165) is 17.2 Å². The SMILES string of the molecule is COc1ccc(C(NC(=O)c2cc(=O)c(OCc3ccccc3)co2)C(C)C)cc1OC. The van der Waals surface area contributed by atoms with E-state index in [-0.39, 0.29) is 30.1 Å². The molecule has 0 fully saturated rings. The first kappa shape index (κ1) is 22.9. The van der Waals surface area contributed by atoms with E-state index in [4.69, 9.17) is 18.6 Å². The molecule has 0 aliphatic carbocycles. The largest absolute Gasteiger partial charge is 0.493 e. The smallest absolute Gasteiger partial charge is 0.287 e. The molecule has 7 nitrogen and oxygen atoms in total. The second kappa shape index (κ2) is 10.5. The zero-order valence-electron chi connectivity index (χ0n) is 18.6. The molecule has 1 unspecified atom stereocenters. The quantitative estimate of drug-likeness (QED) is 0.535. The molecule has 0 spiro atoms. The van der Waals surface area contributed by atoms with E-state index in [9.17, 15) is 9.59 Å². The first-order valence-electron chi connectivity index (χ1n) is 10.2. The minimum absolute atomic E-state index is 0.0469. The highest BCUT2D eigenvalue weighted by Gasteiger charge is 2.22. The van der Waals surface area contributed by atoms with Crippen molar-refractivity contribution in [1.82, 2.24) is 5.32 Å². The lowest BCUT2D eigenvalue weighted by Crippen LogP contribution is -2.32. The van der Waals surface area contributed by atoms with Crippen molar-refractivity contribution < 1.29 is 23.4 Å². The van der Waals surface area contributed by atoms with Gasteiger partial charge in [0, 0.05) is 6.07 Å². The van der Waals surface area contributed by atoms with Gasteiger partial charge >= 0.3 is 0 Å². The van der Waals surface area contributed by atoms with Gasteiger partial charge in [0.2, 0.25) is 11.2 Å². The molecule has 0 aliphatic rings. The average molecular weight is 437 g/mol. The third kappa shape index (κ3) is 5.49. The Kier molecular flexibility index (Phi) is 7.54. The van der Waals surface area contributed by atoms with Gasteiger partial charge in [-0.05, 0) is 29.2 Å². The maximum absolute atomic E-state index is 12.8. The Morgan fingerprint density at radius 2 is 1.69 bits per heavy atom. The normalized spacial score (nSPS) is 11.7. The highest BCUT2D eigenvalue weighted by atomic mass is 16.5. The van der Waals surface area contributed by atoms with Gasteiger partial charge in [-0.25, -0.2) is 0 Å². The predicted octanol–water partition coefficient (Wildman–Crippen LogP) is 4.36. The maximum Gasteiger partial charge on any atom is 0.287 e. The van der Waals surface area contributed by atoms with Crippen molar-refractivity contribution in [2.75, 3.05) is 14.2 Å². The summed E-state index contributed by atoms with van der Waals surface area (Å²) in [5.41, 5.74) is 1.34. The minimum Gasteiger partial charge on any atom is -0.493 e. The van der Waals surface area contributed by atoms with Gasteiger partial charge in [-0.1, -0.05) is 50.2 Å². The van der Waals surface area contributed by atoms with Gasteiger partial charge in [-0.15, -0.1) is 0 Å². The molecule has 0 saturated heterocycles. The Labute approximate surface area is 186 Å². The molecule has 1 atom stereocenters. The van der Waals surface area contributed by atoms with Crippen molar-refractivity contribution in [2.24, 2.45) is 5.92 Å². The molecule has 1 heterocycles. The Morgan fingerprint density at radius 3 is 2.31 bits per heavy atom. The number of rotatable bonds is 9. The molecule has 1 N–H and O–H groups in total. The second-order valence-corrected chi connectivity index (χ2v) is 7.56. The summed E-state index contributed by atoms with van der Waals surface area (Å²) in [7, 11) is 3.12. The Hall–Kier alpha value is -3.74. The van der Waals surface area contributed by atoms with Crippen molar-refractivity contribution in [1.29, 1.82) is 0 Å². The van der Waals surface area contributed by atoms with Crippen molar-refractivity contribution in [3.8, 4) is 17.2 Å². The minimum atomic E-state index is -0.495. The van der Waals surface area contributed by atoms with Crippen LogP contribution >= 0.6 is 0 Å². The summed E-state index contributed by atoms with van der Waals surface area (Å²) in [5.74, 6) is 0.694. The molecule has 7 heteroatoms. The van der Waals surface area contributed by atoms with E-state index in [1.54, 1.807) is 20.3 Å². The number of nitrogens with one attached hydrogen (secondary N) is 1. The number of ether oxygens (including phenoxy) is 3. The fourth-order valence-electron chi connectivity index (χ4n) is 3.25. The van der Waals surface area contributed by atoms with Gasteiger partial charge < -0.3 is 23.9 Å². The van der Waals surface area contributed by atoms with Crippen LogP contribution in [0.3, 0.4) is 0 Å². The van der Waals surface area contributed by atoms with E-state index in [0.29, 0.717) is 11.5 Å². The zero-order chi connectivity index (χ0) is 23.1. The van der Waals surface area contributed by atoms with Crippen molar-refractivity contribution in [3.05, 3.63) is 88.0 Å². The summed E-state index contributed by atoms with van der Waals surface area (Å²) < 4.78 is 21.6. The number of carbonyl (C=O) groups is 1. The average Bonchev–Trinajstić information content (AvgIpc) is 2.81. The van der Waals surface area contributed by atoms with Crippen LogP contribution in [0, 0.1) is 5.92 Å². The lowest BCUT2D eigenvalue weighted by molar-refractivity contribution is 0.0893. The van der Waals surface area contributed by atoms with Gasteiger partial charge in [0.15, 0.2) is 17.3 Å². The van der Waals surface area contributed by atoms with Crippen LogP contribution < -0.4 is 25.0 Å². The number of hydrogen-bond acceptors (Lipinski definition) is 6. The molecule has 0 aliphatic heterocycles. The van der Waals surface area contributed by atoms with Gasteiger partial charge in [-0.2, -0.15) is 0 Å². The maximum atomic E-state index is 12.8. The molecular formula is C25H27NO6. The van der Waals surface area contributed by atoms with Crippen molar-refractivity contribution in [2.45, 2.75) is 26.5 Å². The van der Waals surface area contributed by atoms with Gasteiger partial charge in [0.1, 0.15) is 12.9 Å². The first-order chi connectivity index (χ1) is 15.4. The van der Waals surface area contributed by atoms with Gasteiger partial charge in [-0.3, -0.25) is 9.59 Å². The third-order valence-corrected chi connectivity index (χ3v) is 4.98. The molecule has 3 rings (SSSR count). The first-order valence-corrected chi connectivity index (χ1v) is 10.2. The van der Waals surface area contributed by atoms with Crippen LogP contribution in [-0.2, 0) is 6.61 Å². The lowest BCUT2D eigenvalue weighted by atomic mass is 9.95. The zero-order valence-corrected chi connectivity index (χ0v) is 18.6. The summed E-state index contributed by atoms with van der Waals surface area (Å²) in [6, 6.07) is 15.7. The molecule has 1 aromatic heterocycles. The molecule has 3 aromatic rings. The van der Waals surface area contributed by atoms with E-state index < -0.39 is 11.3 Å². The summed E-state index contributed by atoms with van der Waals surface area (Å²) in [5, 5.41) is 2.93. The molecule has 0 radical (unpaired) electrons. The van der Waals surface area contributed by atoms with Crippen molar-refractivity contribution in [3.63, 3.8) is 0 Å². The summed E-state index contributed by atoms with van der Waals surface area (Å²) in [6.07, 6.45) is 1.17. The molecule has 2 aromatic carbocycles. The number of carbonyl (C=O) groups excluding carboxylic acids is 1. The number of hydrogen-bond donors (Lipinski definition) is 1. The van der Waals surface area contributed by atoms with Gasteiger partial charge in [0.25, 0.3) is 5.91 Å². The van der Waals surface area contributed by atoms with Crippen LogP contribution in [0.5, 0.6) is 17.2 Å². The number of benzene rings is 2. The summed E-state index contributed by atoms with van der Waals surface area (Å²) >= 11 is 0. The fraction of sp³-hybridized carbons (Fsp3) is 0.280. The van der Waals surface area contributed by atoms with Crippen LogP contribution in [0.15, 0.2) is 70.1 Å². The molecule has 0 saturated carbocycles. The Balaban J connectivity index is 1.74. The molecule has 168 valence electrons. The Morgan fingerprint density at radius 1 is 0.969 bits per heavy atom. The Bertz CT molecular complexity index is 1110. The predicted molar refractivity (Wildman–Crippen MR) is 120 cm³/mol. The van der Waals surface area contributed by atoms with Crippen LogP contribution in [0.25, 0.3) is 0 Å². The molecule has 0 bridgehead atoms. The fourth-order valence-corrected chi connectivity index (χ4v) is 3.25. The summed E-state index contributed by atoms with van der Waals surface area (Å²) in [6.45, 7) is 4.20. The highest BCUT2D eigenvalue weighted by molar-refractivity contribution is 5.91. The molecule has 32 heavy (non-hydrogen) atoms. The highest BCUT2D eigenvalue weighted by Crippen LogP contribution is 2.32. The molecular weight excluding hydrogens is 410 g/mol. The van der Waals surface area contributed by atoms with Crippen LogP contribution in [-0.4, -0.2) is 20.1 Å².